The van der Waals surface area contributed by atoms with Crippen LogP contribution in [0.1, 0.15) is 12.8 Å². The minimum absolute atomic E-state index is 0.0275. The van der Waals surface area contributed by atoms with Crippen LogP contribution in [0.3, 0.4) is 0 Å². The van der Waals surface area contributed by atoms with E-state index in [1.165, 1.54) is 12.1 Å². The second-order valence-electron chi connectivity index (χ2n) is 8.70. The molecule has 2 saturated heterocycles. The number of carbonyl (C=O) groups is 1. The molecule has 0 bridgehead atoms. The lowest BCUT2D eigenvalue weighted by Gasteiger charge is -2.32. The maximum atomic E-state index is 13.2. The number of aromatic nitrogens is 2. The van der Waals surface area contributed by atoms with Gasteiger partial charge in [-0.15, -0.1) is 10.2 Å². The summed E-state index contributed by atoms with van der Waals surface area (Å²) < 4.78 is 18.6. The van der Waals surface area contributed by atoms with Crippen molar-refractivity contribution in [3.05, 3.63) is 66.5 Å². The molecule has 0 spiro atoms. The highest BCUT2D eigenvalue weighted by atomic mass is 19.1. The molecule has 34 heavy (non-hydrogen) atoms. The quantitative estimate of drug-likeness (QED) is 0.620. The molecule has 1 amide bonds. The number of anilines is 3. The van der Waals surface area contributed by atoms with Crippen molar-refractivity contribution < 1.29 is 13.9 Å². The standard InChI is InChI=1S/C26H28FN5O2/c27-21-5-3-19(4-6-21)24-11-12-25(30-29-24)32-13-1-2-20(18-32)26(33)28-22-7-9-23(10-8-22)31-14-16-34-17-15-31/h3-12,20H,1-2,13-18H2,(H,28,33). The van der Waals surface area contributed by atoms with Crippen molar-refractivity contribution in [2.75, 3.05) is 54.5 Å². The van der Waals surface area contributed by atoms with Gasteiger partial charge in [-0.3, -0.25) is 4.79 Å². The average molecular weight is 462 g/mol. The summed E-state index contributed by atoms with van der Waals surface area (Å²) in [6.45, 7) is 4.70. The predicted molar refractivity (Wildman–Crippen MR) is 130 cm³/mol. The van der Waals surface area contributed by atoms with Crippen LogP contribution in [0.5, 0.6) is 0 Å². The Morgan fingerprint density at radius 2 is 1.68 bits per heavy atom. The first kappa shape index (κ1) is 22.3. The zero-order valence-corrected chi connectivity index (χ0v) is 19.0. The van der Waals surface area contributed by atoms with E-state index in [-0.39, 0.29) is 17.6 Å². The van der Waals surface area contributed by atoms with E-state index in [0.717, 1.165) is 68.4 Å². The van der Waals surface area contributed by atoms with Crippen molar-refractivity contribution in [1.82, 2.24) is 10.2 Å². The van der Waals surface area contributed by atoms with Crippen LogP contribution in [0.25, 0.3) is 11.3 Å². The number of rotatable bonds is 5. The fourth-order valence-electron chi connectivity index (χ4n) is 4.49. The number of ether oxygens (including phenoxy) is 1. The molecule has 0 aliphatic carbocycles. The van der Waals surface area contributed by atoms with Gasteiger partial charge in [0.1, 0.15) is 5.82 Å². The number of amides is 1. The smallest absolute Gasteiger partial charge is 0.229 e. The summed E-state index contributed by atoms with van der Waals surface area (Å²) in [5, 5.41) is 11.8. The van der Waals surface area contributed by atoms with Gasteiger partial charge in [-0.1, -0.05) is 0 Å². The van der Waals surface area contributed by atoms with Gasteiger partial charge in [0.05, 0.1) is 24.8 Å². The second kappa shape index (κ2) is 10.2. The Kier molecular flexibility index (Phi) is 6.67. The molecule has 1 atom stereocenters. The van der Waals surface area contributed by atoms with E-state index in [0.29, 0.717) is 12.2 Å². The van der Waals surface area contributed by atoms with Crippen LogP contribution in [-0.4, -0.2) is 55.5 Å². The zero-order valence-electron chi connectivity index (χ0n) is 19.0. The molecule has 2 aliphatic heterocycles. The third-order valence-electron chi connectivity index (χ3n) is 6.42. The van der Waals surface area contributed by atoms with Gasteiger partial charge in [0.15, 0.2) is 5.82 Å². The van der Waals surface area contributed by atoms with E-state index in [4.69, 9.17) is 4.74 Å². The minimum Gasteiger partial charge on any atom is -0.378 e. The first-order valence-electron chi connectivity index (χ1n) is 11.7. The molecule has 3 aromatic rings. The van der Waals surface area contributed by atoms with E-state index >= 15 is 0 Å². The summed E-state index contributed by atoms with van der Waals surface area (Å²) in [4.78, 5) is 17.4. The van der Waals surface area contributed by atoms with Gasteiger partial charge in [0.25, 0.3) is 0 Å². The SMILES string of the molecule is O=C(Nc1ccc(N2CCOCC2)cc1)C1CCCN(c2ccc(-c3ccc(F)cc3)nn2)C1. The number of piperidine rings is 1. The van der Waals surface area contributed by atoms with Crippen molar-refractivity contribution in [2.45, 2.75) is 12.8 Å². The fourth-order valence-corrected chi connectivity index (χ4v) is 4.49. The van der Waals surface area contributed by atoms with Gasteiger partial charge in [-0.05, 0) is 73.5 Å². The van der Waals surface area contributed by atoms with Crippen LogP contribution in [0.15, 0.2) is 60.7 Å². The van der Waals surface area contributed by atoms with Crippen LogP contribution >= 0.6 is 0 Å². The number of halogens is 1. The van der Waals surface area contributed by atoms with Crippen LogP contribution < -0.4 is 15.1 Å². The molecule has 1 unspecified atom stereocenters. The van der Waals surface area contributed by atoms with Gasteiger partial charge in [-0.2, -0.15) is 0 Å². The van der Waals surface area contributed by atoms with E-state index in [1.54, 1.807) is 12.1 Å². The lowest BCUT2D eigenvalue weighted by atomic mass is 9.97. The Morgan fingerprint density at radius 1 is 0.912 bits per heavy atom. The monoisotopic (exact) mass is 461 g/mol. The largest absolute Gasteiger partial charge is 0.378 e. The molecule has 176 valence electrons. The molecule has 1 aromatic heterocycles. The molecular formula is C26H28FN5O2. The van der Waals surface area contributed by atoms with Crippen molar-refractivity contribution >= 4 is 23.1 Å². The summed E-state index contributed by atoms with van der Waals surface area (Å²) >= 11 is 0. The minimum atomic E-state index is -0.279. The Bertz CT molecular complexity index is 1100. The summed E-state index contributed by atoms with van der Waals surface area (Å²) in [5.74, 6) is 0.378. The van der Waals surface area contributed by atoms with Crippen LogP contribution in [0.2, 0.25) is 0 Å². The number of nitrogens with one attached hydrogen (secondary N) is 1. The highest BCUT2D eigenvalue weighted by molar-refractivity contribution is 5.93. The average Bonchev–Trinajstić information content (AvgIpc) is 2.90. The van der Waals surface area contributed by atoms with E-state index in [1.807, 2.05) is 36.4 Å². The highest BCUT2D eigenvalue weighted by Gasteiger charge is 2.27. The van der Waals surface area contributed by atoms with Crippen LogP contribution in [0.4, 0.5) is 21.6 Å². The molecule has 3 heterocycles. The molecule has 8 heteroatoms. The lowest BCUT2D eigenvalue weighted by molar-refractivity contribution is -0.120. The van der Waals surface area contributed by atoms with E-state index < -0.39 is 0 Å². The number of morpholine rings is 1. The summed E-state index contributed by atoms with van der Waals surface area (Å²) in [5.41, 5.74) is 3.46. The first-order chi connectivity index (χ1) is 16.7. The van der Waals surface area contributed by atoms with Crippen LogP contribution in [0, 0.1) is 11.7 Å². The van der Waals surface area contributed by atoms with Gasteiger partial charge in [-0.25, -0.2) is 4.39 Å². The Labute approximate surface area is 198 Å². The maximum Gasteiger partial charge on any atom is 0.229 e. The molecular weight excluding hydrogens is 433 g/mol. The Morgan fingerprint density at radius 3 is 2.38 bits per heavy atom. The van der Waals surface area contributed by atoms with Gasteiger partial charge in [0.2, 0.25) is 5.91 Å². The third-order valence-corrected chi connectivity index (χ3v) is 6.42. The molecule has 2 fully saturated rings. The summed E-state index contributed by atoms with van der Waals surface area (Å²) in [6.07, 6.45) is 1.75. The Hall–Kier alpha value is -3.52. The van der Waals surface area contributed by atoms with Crippen molar-refractivity contribution in [1.29, 1.82) is 0 Å². The first-order valence-corrected chi connectivity index (χ1v) is 11.7. The molecule has 2 aliphatic rings. The summed E-state index contributed by atoms with van der Waals surface area (Å²) in [6, 6.07) is 18.0. The predicted octanol–water partition coefficient (Wildman–Crippen LogP) is 3.97. The lowest BCUT2D eigenvalue weighted by Crippen LogP contribution is -2.41. The normalized spacial score (nSPS) is 18.6. The molecule has 0 radical (unpaired) electrons. The number of carbonyl (C=O) groups excluding carboxylic acids is 1. The molecule has 1 N–H and O–H groups in total. The van der Waals surface area contributed by atoms with Gasteiger partial charge < -0.3 is 19.9 Å². The fraction of sp³-hybridized carbons (Fsp3) is 0.346. The molecule has 7 nitrogen and oxygen atoms in total. The van der Waals surface area contributed by atoms with Gasteiger partial charge in [0, 0.05) is 43.1 Å². The number of hydrogen-bond acceptors (Lipinski definition) is 6. The van der Waals surface area contributed by atoms with Crippen molar-refractivity contribution in [3.63, 3.8) is 0 Å². The molecule has 0 saturated carbocycles. The second-order valence-corrected chi connectivity index (χ2v) is 8.70. The number of hydrogen-bond donors (Lipinski definition) is 1. The zero-order chi connectivity index (χ0) is 23.3. The Balaban J connectivity index is 1.19. The van der Waals surface area contributed by atoms with Crippen LogP contribution in [-0.2, 0) is 9.53 Å². The van der Waals surface area contributed by atoms with Crippen molar-refractivity contribution in [3.8, 4) is 11.3 Å². The topological polar surface area (TPSA) is 70.6 Å². The summed E-state index contributed by atoms with van der Waals surface area (Å²) in [7, 11) is 0. The molecule has 2 aromatic carbocycles. The van der Waals surface area contributed by atoms with Crippen molar-refractivity contribution in [2.24, 2.45) is 5.92 Å². The number of benzene rings is 2. The number of nitrogens with zero attached hydrogens (tertiary/aromatic N) is 4. The third kappa shape index (κ3) is 5.17. The highest BCUT2D eigenvalue weighted by Crippen LogP contribution is 2.25. The maximum absolute atomic E-state index is 13.2. The molecule has 5 rings (SSSR count). The van der Waals surface area contributed by atoms with E-state index in [9.17, 15) is 9.18 Å². The van der Waals surface area contributed by atoms with Gasteiger partial charge >= 0.3 is 0 Å². The van der Waals surface area contributed by atoms with E-state index in [2.05, 4.69) is 25.3 Å².